The molecule has 0 spiro atoms. The summed E-state index contributed by atoms with van der Waals surface area (Å²) in [6, 6.07) is 3.88. The van der Waals surface area contributed by atoms with Gasteiger partial charge in [-0.25, -0.2) is 4.68 Å². The van der Waals surface area contributed by atoms with Gasteiger partial charge in [-0.1, -0.05) is 5.21 Å². The van der Waals surface area contributed by atoms with Gasteiger partial charge >= 0.3 is 0 Å². The summed E-state index contributed by atoms with van der Waals surface area (Å²) in [5.74, 6) is 1.42. The molecular weight excluding hydrogens is 450 g/mol. The largest absolute Gasteiger partial charge is 0.352 e. The fourth-order valence-corrected chi connectivity index (χ4v) is 5.74. The first-order valence-corrected chi connectivity index (χ1v) is 12.8. The Hall–Kier alpha value is -3.27. The van der Waals surface area contributed by atoms with Gasteiger partial charge in [-0.15, -0.1) is 16.4 Å². The Labute approximate surface area is 201 Å². The monoisotopic (exact) mass is 477 g/mol. The molecule has 3 aromatic heterocycles. The molecule has 3 N–H and O–H groups in total. The molecular formula is C24H27N7O2S. The van der Waals surface area contributed by atoms with Crippen LogP contribution in [0.4, 0.5) is 16.5 Å². The highest BCUT2D eigenvalue weighted by Gasteiger charge is 2.35. The third-order valence-electron chi connectivity index (χ3n) is 6.75. The van der Waals surface area contributed by atoms with Crippen molar-refractivity contribution < 1.29 is 9.59 Å². The van der Waals surface area contributed by atoms with Crippen LogP contribution in [-0.2, 0) is 17.6 Å². The fraction of sp³-hybridized carbons (Fsp3) is 0.458. The van der Waals surface area contributed by atoms with Crippen LogP contribution >= 0.6 is 11.3 Å². The summed E-state index contributed by atoms with van der Waals surface area (Å²) in [4.78, 5) is 31.2. The Morgan fingerprint density at radius 2 is 2.03 bits per heavy atom. The van der Waals surface area contributed by atoms with E-state index in [0.717, 1.165) is 42.8 Å². The second kappa shape index (κ2) is 8.83. The molecule has 34 heavy (non-hydrogen) atoms. The summed E-state index contributed by atoms with van der Waals surface area (Å²) in [7, 11) is 0. The van der Waals surface area contributed by atoms with Crippen molar-refractivity contribution in [2.45, 2.75) is 51.0 Å². The maximum atomic E-state index is 13.3. The van der Waals surface area contributed by atoms with E-state index in [9.17, 15) is 9.59 Å². The number of rotatable bonds is 8. The first-order valence-electron chi connectivity index (χ1n) is 12.0. The molecule has 2 amide bonds. The normalized spacial score (nSPS) is 19.4. The molecule has 2 fully saturated rings. The van der Waals surface area contributed by atoms with Gasteiger partial charge in [0.05, 0.1) is 29.7 Å². The summed E-state index contributed by atoms with van der Waals surface area (Å²) in [5.41, 5.74) is 2.54. The molecule has 176 valence electrons. The summed E-state index contributed by atoms with van der Waals surface area (Å²) in [6.45, 7) is 0.700. The Morgan fingerprint density at radius 3 is 2.79 bits per heavy atom. The molecule has 1 unspecified atom stereocenters. The van der Waals surface area contributed by atoms with E-state index in [1.165, 1.54) is 17.7 Å². The van der Waals surface area contributed by atoms with Crippen LogP contribution in [0.3, 0.4) is 0 Å². The topological polar surface area (TPSA) is 114 Å². The lowest BCUT2D eigenvalue weighted by Gasteiger charge is -2.24. The number of aryl methyl sites for hydroxylation is 1. The number of aromatic nitrogens is 4. The molecule has 0 radical (unpaired) electrons. The Bertz CT molecular complexity index is 1210. The highest BCUT2D eigenvalue weighted by atomic mass is 32.1. The van der Waals surface area contributed by atoms with Crippen LogP contribution in [0.15, 0.2) is 30.7 Å². The SMILES string of the molecule is O=C(NCC1CC1)c1c(NC(=O)C2CC2)sc2c1CC(n1nncc1Nc1cccnc1)CC2. The number of carbonyl (C=O) groups excluding carboxylic acids is 2. The molecule has 0 saturated heterocycles. The molecule has 10 heteroatoms. The van der Waals surface area contributed by atoms with Crippen LogP contribution < -0.4 is 16.0 Å². The lowest BCUT2D eigenvalue weighted by atomic mass is 9.91. The predicted octanol–water partition coefficient (Wildman–Crippen LogP) is 3.70. The first kappa shape index (κ1) is 21.3. The highest BCUT2D eigenvalue weighted by Crippen LogP contribution is 2.42. The van der Waals surface area contributed by atoms with Gasteiger partial charge in [-0.3, -0.25) is 14.6 Å². The van der Waals surface area contributed by atoms with Crippen molar-refractivity contribution in [1.29, 1.82) is 0 Å². The van der Waals surface area contributed by atoms with Crippen LogP contribution in [0, 0.1) is 11.8 Å². The van der Waals surface area contributed by atoms with Crippen LogP contribution in [0.5, 0.6) is 0 Å². The zero-order chi connectivity index (χ0) is 23.1. The van der Waals surface area contributed by atoms with E-state index in [4.69, 9.17) is 0 Å². The van der Waals surface area contributed by atoms with E-state index in [-0.39, 0.29) is 23.8 Å². The van der Waals surface area contributed by atoms with Gasteiger partial charge in [0.1, 0.15) is 10.8 Å². The summed E-state index contributed by atoms with van der Waals surface area (Å²) >= 11 is 1.56. The minimum absolute atomic E-state index is 0.0330. The van der Waals surface area contributed by atoms with Crippen LogP contribution in [0.2, 0.25) is 0 Å². The summed E-state index contributed by atoms with van der Waals surface area (Å²) in [5, 5.41) is 18.7. The molecule has 6 rings (SSSR count). The molecule has 9 nitrogen and oxygen atoms in total. The molecule has 0 aromatic carbocycles. The van der Waals surface area contributed by atoms with Gasteiger partial charge in [0.15, 0.2) is 0 Å². The Kier molecular flexibility index (Phi) is 5.52. The number of pyridine rings is 1. The van der Waals surface area contributed by atoms with Gasteiger partial charge in [-0.05, 0) is 68.6 Å². The molecule has 3 aromatic rings. The van der Waals surface area contributed by atoms with E-state index in [2.05, 4.69) is 31.2 Å². The molecule has 3 heterocycles. The van der Waals surface area contributed by atoms with Crippen LogP contribution in [-0.4, -0.2) is 38.3 Å². The van der Waals surface area contributed by atoms with Crippen molar-refractivity contribution in [1.82, 2.24) is 25.3 Å². The molecule has 2 saturated carbocycles. The minimum Gasteiger partial charge on any atom is -0.352 e. The number of hydrogen-bond acceptors (Lipinski definition) is 7. The number of nitrogens with one attached hydrogen (secondary N) is 3. The number of fused-ring (bicyclic) bond motifs is 1. The zero-order valence-electron chi connectivity index (χ0n) is 18.8. The lowest BCUT2D eigenvalue weighted by molar-refractivity contribution is -0.117. The zero-order valence-corrected chi connectivity index (χ0v) is 19.6. The van der Waals surface area contributed by atoms with Crippen LogP contribution in [0.1, 0.15) is 58.9 Å². The quantitative estimate of drug-likeness (QED) is 0.456. The van der Waals surface area contributed by atoms with Crippen molar-refractivity contribution in [2.24, 2.45) is 11.8 Å². The third-order valence-corrected chi connectivity index (χ3v) is 7.96. The minimum atomic E-state index is -0.0801. The Balaban J connectivity index is 1.27. The highest BCUT2D eigenvalue weighted by molar-refractivity contribution is 7.17. The van der Waals surface area contributed by atoms with Crippen molar-refractivity contribution in [2.75, 3.05) is 17.2 Å². The van der Waals surface area contributed by atoms with E-state index in [1.54, 1.807) is 29.9 Å². The predicted molar refractivity (Wildman–Crippen MR) is 129 cm³/mol. The maximum absolute atomic E-state index is 13.3. The lowest BCUT2D eigenvalue weighted by Crippen LogP contribution is -2.29. The van der Waals surface area contributed by atoms with Crippen molar-refractivity contribution in [3.8, 4) is 0 Å². The maximum Gasteiger partial charge on any atom is 0.254 e. The summed E-state index contributed by atoms with van der Waals surface area (Å²) < 4.78 is 1.90. The summed E-state index contributed by atoms with van der Waals surface area (Å²) in [6.07, 6.45) is 11.8. The Morgan fingerprint density at radius 1 is 1.15 bits per heavy atom. The second-order valence-corrected chi connectivity index (χ2v) is 10.6. The van der Waals surface area contributed by atoms with Crippen molar-refractivity contribution in [3.63, 3.8) is 0 Å². The second-order valence-electron chi connectivity index (χ2n) is 9.45. The van der Waals surface area contributed by atoms with Gasteiger partial charge in [0, 0.05) is 23.5 Å². The number of hydrogen-bond donors (Lipinski definition) is 3. The van der Waals surface area contributed by atoms with Gasteiger partial charge in [-0.2, -0.15) is 0 Å². The van der Waals surface area contributed by atoms with Crippen molar-refractivity contribution in [3.05, 3.63) is 46.7 Å². The molecule has 0 aliphatic heterocycles. The van der Waals surface area contributed by atoms with Gasteiger partial charge < -0.3 is 16.0 Å². The van der Waals surface area contributed by atoms with Gasteiger partial charge in [0.25, 0.3) is 5.91 Å². The molecule has 1 atom stereocenters. The average molecular weight is 478 g/mol. The number of anilines is 3. The number of amides is 2. The molecule has 0 bridgehead atoms. The number of nitrogens with zero attached hydrogens (tertiary/aromatic N) is 4. The fourth-order valence-electron chi connectivity index (χ4n) is 4.50. The first-order chi connectivity index (χ1) is 16.7. The standard InChI is InChI=1S/C24H27N7O2S/c32-22(15-5-6-15)29-24-21(23(33)26-11-14-3-4-14)18-10-17(7-8-19(18)34-24)31-20(13-27-30-31)28-16-2-1-9-25-12-16/h1-2,9,12-15,17,28H,3-8,10-11H2,(H,26,33)(H,29,32). The molecule has 3 aliphatic carbocycles. The number of thiophene rings is 1. The van der Waals surface area contributed by atoms with E-state index in [0.29, 0.717) is 29.4 Å². The van der Waals surface area contributed by atoms with E-state index >= 15 is 0 Å². The average Bonchev–Trinajstić information content (AvgIpc) is 3.77. The molecule has 3 aliphatic rings. The van der Waals surface area contributed by atoms with E-state index in [1.807, 2.05) is 16.8 Å². The van der Waals surface area contributed by atoms with Crippen molar-refractivity contribution >= 4 is 39.7 Å². The smallest absolute Gasteiger partial charge is 0.254 e. The van der Waals surface area contributed by atoms with E-state index < -0.39 is 0 Å². The third kappa shape index (κ3) is 4.42. The van der Waals surface area contributed by atoms with Gasteiger partial charge in [0.2, 0.25) is 5.91 Å². The van der Waals surface area contributed by atoms with Crippen LogP contribution in [0.25, 0.3) is 0 Å². The number of carbonyl (C=O) groups is 2.